The van der Waals surface area contributed by atoms with Crippen LogP contribution >= 0.6 is 11.6 Å². The predicted octanol–water partition coefficient (Wildman–Crippen LogP) is 1.80. The zero-order valence-electron chi connectivity index (χ0n) is 8.53. The highest BCUT2D eigenvalue weighted by Crippen LogP contribution is 2.19. The van der Waals surface area contributed by atoms with Crippen LogP contribution in [0.2, 0.25) is 5.02 Å². The minimum Gasteiger partial charge on any atom is -0.322 e. The Kier molecular flexibility index (Phi) is 4.52. The van der Waals surface area contributed by atoms with Crippen molar-refractivity contribution in [3.8, 4) is 0 Å². The summed E-state index contributed by atoms with van der Waals surface area (Å²) >= 11 is 5.85. The zero-order valence-corrected chi connectivity index (χ0v) is 9.29. The molecular formula is C10H14ClN3O. The summed E-state index contributed by atoms with van der Waals surface area (Å²) in [5, 5.41) is 3.10. The molecule has 15 heavy (non-hydrogen) atoms. The number of carbonyl (C=O) groups excluding carboxylic acids is 1. The van der Waals surface area contributed by atoms with Crippen molar-refractivity contribution < 1.29 is 4.79 Å². The molecule has 1 aromatic heterocycles. The van der Waals surface area contributed by atoms with Gasteiger partial charge in [-0.3, -0.25) is 9.78 Å². The topological polar surface area (TPSA) is 68.0 Å². The number of halogens is 1. The first-order valence-electron chi connectivity index (χ1n) is 4.81. The van der Waals surface area contributed by atoms with Crippen molar-refractivity contribution in [2.75, 3.05) is 5.32 Å². The second kappa shape index (κ2) is 5.68. The molecular weight excluding hydrogens is 214 g/mol. The number of carbonyl (C=O) groups is 1. The van der Waals surface area contributed by atoms with E-state index in [1.54, 1.807) is 12.3 Å². The van der Waals surface area contributed by atoms with E-state index in [2.05, 4.69) is 10.3 Å². The molecule has 0 aliphatic carbocycles. The number of nitrogens with one attached hydrogen (secondary N) is 1. The molecule has 1 heterocycles. The van der Waals surface area contributed by atoms with Gasteiger partial charge in [0.05, 0.1) is 22.9 Å². The molecule has 0 aliphatic rings. The van der Waals surface area contributed by atoms with Gasteiger partial charge in [0, 0.05) is 6.20 Å². The van der Waals surface area contributed by atoms with Crippen LogP contribution in [0.1, 0.15) is 19.8 Å². The Balaban J connectivity index is 2.62. The number of pyridine rings is 1. The van der Waals surface area contributed by atoms with Crippen LogP contribution in [0.3, 0.4) is 0 Å². The summed E-state index contributed by atoms with van der Waals surface area (Å²) < 4.78 is 0. The van der Waals surface area contributed by atoms with E-state index in [9.17, 15) is 4.79 Å². The van der Waals surface area contributed by atoms with Gasteiger partial charge in [-0.05, 0) is 12.5 Å². The van der Waals surface area contributed by atoms with E-state index in [-0.39, 0.29) is 5.91 Å². The van der Waals surface area contributed by atoms with Crippen LogP contribution in [0.25, 0.3) is 0 Å². The normalized spacial score (nSPS) is 12.2. The van der Waals surface area contributed by atoms with Gasteiger partial charge in [-0.15, -0.1) is 0 Å². The molecule has 0 radical (unpaired) electrons. The van der Waals surface area contributed by atoms with Gasteiger partial charge < -0.3 is 11.1 Å². The van der Waals surface area contributed by atoms with Crippen LogP contribution in [-0.2, 0) is 4.79 Å². The van der Waals surface area contributed by atoms with E-state index in [1.165, 1.54) is 6.20 Å². The van der Waals surface area contributed by atoms with Gasteiger partial charge in [-0.25, -0.2) is 0 Å². The first kappa shape index (κ1) is 11.9. The molecule has 0 aliphatic heterocycles. The molecule has 5 heteroatoms. The lowest BCUT2D eigenvalue weighted by atomic mass is 10.1. The quantitative estimate of drug-likeness (QED) is 0.824. The largest absolute Gasteiger partial charge is 0.322 e. The highest BCUT2D eigenvalue weighted by atomic mass is 35.5. The second-order valence-electron chi connectivity index (χ2n) is 3.24. The van der Waals surface area contributed by atoms with Gasteiger partial charge >= 0.3 is 0 Å². The van der Waals surface area contributed by atoms with E-state index in [1.807, 2.05) is 6.92 Å². The van der Waals surface area contributed by atoms with E-state index in [0.717, 1.165) is 6.42 Å². The van der Waals surface area contributed by atoms with Crippen molar-refractivity contribution in [2.24, 2.45) is 5.73 Å². The fourth-order valence-corrected chi connectivity index (χ4v) is 1.29. The first-order valence-corrected chi connectivity index (χ1v) is 5.19. The van der Waals surface area contributed by atoms with Crippen LogP contribution < -0.4 is 11.1 Å². The van der Waals surface area contributed by atoms with Gasteiger partial charge in [0.15, 0.2) is 0 Å². The van der Waals surface area contributed by atoms with Crippen molar-refractivity contribution in [2.45, 2.75) is 25.8 Å². The van der Waals surface area contributed by atoms with Gasteiger partial charge in [-0.1, -0.05) is 24.9 Å². The number of hydrogen-bond donors (Lipinski definition) is 2. The third-order valence-corrected chi connectivity index (χ3v) is 2.29. The van der Waals surface area contributed by atoms with Crippen LogP contribution in [0.15, 0.2) is 18.5 Å². The Hall–Kier alpha value is -1.13. The molecule has 0 spiro atoms. The van der Waals surface area contributed by atoms with Gasteiger partial charge in [0.1, 0.15) is 0 Å². The summed E-state index contributed by atoms with van der Waals surface area (Å²) in [6.45, 7) is 1.98. The lowest BCUT2D eigenvalue weighted by Crippen LogP contribution is -2.35. The fraction of sp³-hybridized carbons (Fsp3) is 0.400. The minimum absolute atomic E-state index is 0.230. The summed E-state index contributed by atoms with van der Waals surface area (Å²) in [7, 11) is 0. The number of aromatic nitrogens is 1. The van der Waals surface area contributed by atoms with E-state index >= 15 is 0 Å². The smallest absolute Gasteiger partial charge is 0.241 e. The second-order valence-corrected chi connectivity index (χ2v) is 3.65. The first-order chi connectivity index (χ1) is 7.15. The van der Waals surface area contributed by atoms with Crippen molar-refractivity contribution in [3.05, 3.63) is 23.5 Å². The Labute approximate surface area is 93.8 Å². The van der Waals surface area contributed by atoms with E-state index in [4.69, 9.17) is 17.3 Å². The van der Waals surface area contributed by atoms with Crippen molar-refractivity contribution in [1.82, 2.24) is 4.98 Å². The lowest BCUT2D eigenvalue weighted by Gasteiger charge is -2.11. The molecule has 4 nitrogen and oxygen atoms in total. The van der Waals surface area contributed by atoms with Gasteiger partial charge in [0.25, 0.3) is 0 Å². The third kappa shape index (κ3) is 3.49. The van der Waals surface area contributed by atoms with Crippen molar-refractivity contribution in [3.63, 3.8) is 0 Å². The highest BCUT2D eigenvalue weighted by Gasteiger charge is 2.13. The molecule has 0 fully saturated rings. The summed E-state index contributed by atoms with van der Waals surface area (Å²) in [6.07, 6.45) is 4.59. The number of nitrogens with two attached hydrogens (primary N) is 1. The van der Waals surface area contributed by atoms with Crippen LogP contribution in [0.5, 0.6) is 0 Å². The van der Waals surface area contributed by atoms with Crippen molar-refractivity contribution in [1.29, 1.82) is 0 Å². The number of anilines is 1. The minimum atomic E-state index is -0.494. The Morgan fingerprint density at radius 1 is 1.73 bits per heavy atom. The monoisotopic (exact) mass is 227 g/mol. The molecule has 1 rings (SSSR count). The average Bonchev–Trinajstić information content (AvgIpc) is 2.21. The maximum absolute atomic E-state index is 11.5. The van der Waals surface area contributed by atoms with Gasteiger partial charge in [0.2, 0.25) is 5.91 Å². The summed E-state index contributed by atoms with van der Waals surface area (Å²) in [4.78, 5) is 15.4. The maximum Gasteiger partial charge on any atom is 0.241 e. The standard InChI is InChI=1S/C10H14ClN3O/c1-2-3-8(12)10(15)14-9-6-13-5-4-7(9)11/h4-6,8H,2-3,12H2,1H3,(H,14,15)/t8-/m1/s1. The van der Waals surface area contributed by atoms with Gasteiger partial charge in [-0.2, -0.15) is 0 Å². The molecule has 0 saturated carbocycles. The lowest BCUT2D eigenvalue weighted by molar-refractivity contribution is -0.117. The highest BCUT2D eigenvalue weighted by molar-refractivity contribution is 6.33. The molecule has 1 amide bonds. The maximum atomic E-state index is 11.5. The third-order valence-electron chi connectivity index (χ3n) is 1.96. The number of amides is 1. The van der Waals surface area contributed by atoms with Crippen molar-refractivity contribution >= 4 is 23.2 Å². The zero-order chi connectivity index (χ0) is 11.3. The molecule has 3 N–H and O–H groups in total. The average molecular weight is 228 g/mol. The number of rotatable bonds is 4. The molecule has 0 saturated heterocycles. The van der Waals surface area contributed by atoms with Crippen LogP contribution in [0, 0.1) is 0 Å². The van der Waals surface area contributed by atoms with E-state index in [0.29, 0.717) is 17.1 Å². The number of nitrogens with zero attached hydrogens (tertiary/aromatic N) is 1. The Bertz CT molecular complexity index is 343. The Morgan fingerprint density at radius 2 is 2.47 bits per heavy atom. The Morgan fingerprint density at radius 3 is 3.07 bits per heavy atom. The van der Waals surface area contributed by atoms with Crippen LogP contribution in [0.4, 0.5) is 5.69 Å². The fourth-order valence-electron chi connectivity index (χ4n) is 1.14. The molecule has 0 bridgehead atoms. The number of hydrogen-bond acceptors (Lipinski definition) is 3. The molecule has 0 unspecified atom stereocenters. The molecule has 1 aromatic rings. The molecule has 1 atom stereocenters. The van der Waals surface area contributed by atoms with E-state index < -0.39 is 6.04 Å². The SMILES string of the molecule is CCC[C@@H](N)C(=O)Nc1cnccc1Cl. The predicted molar refractivity (Wildman–Crippen MR) is 60.8 cm³/mol. The van der Waals surface area contributed by atoms with Crippen LogP contribution in [-0.4, -0.2) is 16.9 Å². The summed E-state index contributed by atoms with van der Waals surface area (Å²) in [5.74, 6) is -0.230. The summed E-state index contributed by atoms with van der Waals surface area (Å²) in [6, 6.07) is 1.12. The summed E-state index contributed by atoms with van der Waals surface area (Å²) in [5.41, 5.74) is 6.15. The molecule has 0 aromatic carbocycles. The molecule has 82 valence electrons.